The number of nitrogens with zero attached hydrogens (tertiary/aromatic N) is 3. The molecule has 2 N–H and O–H groups in total. The minimum atomic E-state index is 0.440. The first-order valence-electron chi connectivity index (χ1n) is 6.02. The predicted molar refractivity (Wildman–Crippen MR) is 65.9 cm³/mol. The third-order valence-corrected chi connectivity index (χ3v) is 4.35. The van der Waals surface area contributed by atoms with Crippen LogP contribution in [0.4, 0.5) is 5.13 Å². The molecule has 2 saturated carbocycles. The van der Waals surface area contributed by atoms with Crippen molar-refractivity contribution in [1.82, 2.24) is 9.36 Å². The zero-order valence-electron chi connectivity index (χ0n) is 9.59. The molecule has 0 saturated heterocycles. The van der Waals surface area contributed by atoms with Crippen LogP contribution in [0.3, 0.4) is 0 Å². The van der Waals surface area contributed by atoms with Gasteiger partial charge in [0.05, 0.1) is 0 Å². The maximum atomic E-state index is 5.79. The van der Waals surface area contributed by atoms with Crippen LogP contribution in [0.2, 0.25) is 0 Å². The molecule has 0 unspecified atom stereocenters. The van der Waals surface area contributed by atoms with Gasteiger partial charge in [-0.15, -0.1) is 0 Å². The minimum Gasteiger partial charge on any atom is -0.350 e. The molecule has 0 radical (unpaired) electrons. The van der Waals surface area contributed by atoms with Crippen molar-refractivity contribution in [3.63, 3.8) is 0 Å². The Balaban J connectivity index is 1.57. The van der Waals surface area contributed by atoms with E-state index in [2.05, 4.69) is 21.3 Å². The second-order valence-corrected chi connectivity index (χ2v) is 5.92. The Bertz CT molecular complexity index is 368. The topological polar surface area (TPSA) is 55.0 Å². The molecule has 0 spiro atoms. The van der Waals surface area contributed by atoms with Crippen LogP contribution in [-0.4, -0.2) is 29.0 Å². The van der Waals surface area contributed by atoms with Crippen molar-refractivity contribution in [2.75, 3.05) is 18.5 Å². The van der Waals surface area contributed by atoms with E-state index >= 15 is 0 Å². The average Bonchev–Trinajstić information content (AvgIpc) is 2.94. The zero-order valence-corrected chi connectivity index (χ0v) is 10.4. The molecule has 2 aliphatic rings. The first-order valence-corrected chi connectivity index (χ1v) is 6.80. The SMILES string of the molecule is CN(CC1CC(N)C1)c1nc(C2CC2)ns1. The smallest absolute Gasteiger partial charge is 0.204 e. The van der Waals surface area contributed by atoms with Gasteiger partial charge in [-0.05, 0) is 31.6 Å². The van der Waals surface area contributed by atoms with Crippen molar-refractivity contribution >= 4 is 16.7 Å². The highest BCUT2D eigenvalue weighted by Crippen LogP contribution is 2.39. The molecule has 0 amide bonds. The molecule has 88 valence electrons. The number of nitrogens with two attached hydrogens (primary N) is 1. The molecule has 16 heavy (non-hydrogen) atoms. The summed E-state index contributed by atoms with van der Waals surface area (Å²) in [7, 11) is 2.11. The van der Waals surface area contributed by atoms with Gasteiger partial charge >= 0.3 is 0 Å². The van der Waals surface area contributed by atoms with E-state index in [0.717, 1.165) is 23.4 Å². The third-order valence-electron chi connectivity index (χ3n) is 3.50. The van der Waals surface area contributed by atoms with Gasteiger partial charge in [0.2, 0.25) is 5.13 Å². The summed E-state index contributed by atoms with van der Waals surface area (Å²) in [6, 6.07) is 0.440. The Morgan fingerprint density at radius 2 is 2.19 bits per heavy atom. The molecule has 0 bridgehead atoms. The number of aromatic nitrogens is 2. The highest BCUT2D eigenvalue weighted by Gasteiger charge is 2.30. The van der Waals surface area contributed by atoms with E-state index in [1.165, 1.54) is 37.2 Å². The van der Waals surface area contributed by atoms with E-state index in [9.17, 15) is 0 Å². The van der Waals surface area contributed by atoms with E-state index in [1.54, 1.807) is 0 Å². The second-order valence-electron chi connectivity index (χ2n) is 5.19. The van der Waals surface area contributed by atoms with Gasteiger partial charge in [-0.2, -0.15) is 4.37 Å². The lowest BCUT2D eigenvalue weighted by atomic mass is 9.81. The van der Waals surface area contributed by atoms with E-state index < -0.39 is 0 Å². The fourth-order valence-corrected chi connectivity index (χ4v) is 3.00. The summed E-state index contributed by atoms with van der Waals surface area (Å²) < 4.78 is 4.43. The predicted octanol–water partition coefficient (Wildman–Crippen LogP) is 1.59. The van der Waals surface area contributed by atoms with Gasteiger partial charge in [-0.25, -0.2) is 4.98 Å². The van der Waals surface area contributed by atoms with E-state index in [4.69, 9.17) is 5.73 Å². The van der Waals surface area contributed by atoms with Gasteiger partial charge in [0.1, 0.15) is 5.82 Å². The van der Waals surface area contributed by atoms with Gasteiger partial charge in [-0.1, -0.05) is 0 Å². The molecule has 4 nitrogen and oxygen atoms in total. The largest absolute Gasteiger partial charge is 0.350 e. The summed E-state index contributed by atoms with van der Waals surface area (Å²) in [6.07, 6.45) is 4.88. The molecule has 0 atom stereocenters. The van der Waals surface area contributed by atoms with Gasteiger partial charge in [0, 0.05) is 37.1 Å². The Morgan fingerprint density at radius 1 is 1.44 bits per heavy atom. The van der Waals surface area contributed by atoms with E-state index in [-0.39, 0.29) is 0 Å². The third kappa shape index (κ3) is 2.06. The lowest BCUT2D eigenvalue weighted by Crippen LogP contribution is -2.41. The van der Waals surface area contributed by atoms with Gasteiger partial charge in [0.15, 0.2) is 0 Å². The normalized spacial score (nSPS) is 28.9. The maximum absolute atomic E-state index is 5.79. The van der Waals surface area contributed by atoms with Gasteiger partial charge in [-0.3, -0.25) is 0 Å². The molecule has 1 heterocycles. The van der Waals surface area contributed by atoms with Crippen LogP contribution in [0.5, 0.6) is 0 Å². The summed E-state index contributed by atoms with van der Waals surface area (Å²) in [5.41, 5.74) is 5.79. The van der Waals surface area contributed by atoms with Gasteiger partial charge < -0.3 is 10.6 Å². The molecule has 1 aromatic rings. The molecular formula is C11H18N4S. The highest BCUT2D eigenvalue weighted by atomic mass is 32.1. The fourth-order valence-electron chi connectivity index (χ4n) is 2.29. The first-order chi connectivity index (χ1) is 7.72. The Labute approximate surface area is 100 Å². The van der Waals surface area contributed by atoms with Crippen molar-refractivity contribution in [2.45, 2.75) is 37.6 Å². The van der Waals surface area contributed by atoms with E-state index in [1.807, 2.05) is 0 Å². The summed E-state index contributed by atoms with van der Waals surface area (Å²) in [4.78, 5) is 6.84. The Hall–Kier alpha value is -0.680. The quantitative estimate of drug-likeness (QED) is 0.865. The van der Waals surface area contributed by atoms with E-state index in [0.29, 0.717) is 12.0 Å². The second kappa shape index (κ2) is 3.96. The molecular weight excluding hydrogens is 220 g/mol. The first kappa shape index (κ1) is 10.5. The maximum Gasteiger partial charge on any atom is 0.204 e. The summed E-state index contributed by atoms with van der Waals surface area (Å²) in [5, 5.41) is 1.07. The van der Waals surface area contributed by atoms with Crippen LogP contribution in [0.1, 0.15) is 37.4 Å². The zero-order chi connectivity index (χ0) is 11.1. The van der Waals surface area contributed by atoms with Crippen LogP contribution in [0.25, 0.3) is 0 Å². The lowest BCUT2D eigenvalue weighted by molar-refractivity contribution is 0.271. The molecule has 3 rings (SSSR count). The summed E-state index contributed by atoms with van der Waals surface area (Å²) in [6.45, 7) is 1.08. The monoisotopic (exact) mass is 238 g/mol. The van der Waals surface area contributed by atoms with Crippen molar-refractivity contribution < 1.29 is 0 Å². The van der Waals surface area contributed by atoms with Gasteiger partial charge in [0.25, 0.3) is 0 Å². The average molecular weight is 238 g/mol. The minimum absolute atomic E-state index is 0.440. The number of rotatable bonds is 4. The highest BCUT2D eigenvalue weighted by molar-refractivity contribution is 7.09. The van der Waals surface area contributed by atoms with Crippen molar-refractivity contribution in [3.05, 3.63) is 5.82 Å². The lowest BCUT2D eigenvalue weighted by Gasteiger charge is -2.35. The van der Waals surface area contributed by atoms with Crippen molar-refractivity contribution in [2.24, 2.45) is 11.7 Å². The number of hydrogen-bond donors (Lipinski definition) is 1. The Morgan fingerprint density at radius 3 is 2.81 bits per heavy atom. The van der Waals surface area contributed by atoms with Crippen molar-refractivity contribution in [3.8, 4) is 0 Å². The molecule has 0 aromatic carbocycles. The summed E-state index contributed by atoms with van der Waals surface area (Å²) >= 11 is 1.54. The van der Waals surface area contributed by atoms with Crippen molar-refractivity contribution in [1.29, 1.82) is 0 Å². The molecule has 2 aliphatic carbocycles. The van der Waals surface area contributed by atoms with Crippen LogP contribution in [0.15, 0.2) is 0 Å². The van der Waals surface area contributed by atoms with Crippen LogP contribution in [0, 0.1) is 5.92 Å². The molecule has 2 fully saturated rings. The number of anilines is 1. The fraction of sp³-hybridized carbons (Fsp3) is 0.818. The Kier molecular flexibility index (Phi) is 2.59. The summed E-state index contributed by atoms with van der Waals surface area (Å²) in [5.74, 6) is 2.49. The molecule has 1 aromatic heterocycles. The standard InChI is InChI=1S/C11H18N4S/c1-15(6-7-4-9(12)5-7)11-13-10(14-16-11)8-2-3-8/h7-9H,2-6,12H2,1H3. The molecule has 5 heteroatoms. The molecule has 0 aliphatic heterocycles. The van der Waals surface area contributed by atoms with Crippen LogP contribution in [-0.2, 0) is 0 Å². The van der Waals surface area contributed by atoms with Crippen LogP contribution >= 0.6 is 11.5 Å². The van der Waals surface area contributed by atoms with Crippen LogP contribution < -0.4 is 10.6 Å². The number of hydrogen-bond acceptors (Lipinski definition) is 5.